The third-order valence-electron chi connectivity index (χ3n) is 2.31. The van der Waals surface area contributed by atoms with Crippen LogP contribution in [-0.2, 0) is 20.3 Å². The molecule has 0 spiro atoms. The summed E-state index contributed by atoms with van der Waals surface area (Å²) in [4.78, 5) is 10.7. The van der Waals surface area contributed by atoms with Gasteiger partial charge in [-0.25, -0.2) is 12.8 Å². The predicted molar refractivity (Wildman–Crippen MR) is 56.4 cm³/mol. The van der Waals surface area contributed by atoms with Gasteiger partial charge in [-0.2, -0.15) is 0 Å². The van der Waals surface area contributed by atoms with Gasteiger partial charge in [0.15, 0.2) is 0 Å². The second-order valence-corrected chi connectivity index (χ2v) is 5.99. The summed E-state index contributed by atoms with van der Waals surface area (Å²) in [6.45, 7) is 0. The van der Waals surface area contributed by atoms with E-state index in [1.165, 1.54) is 6.07 Å². The Morgan fingerprint density at radius 2 is 2.00 bits per heavy atom. The number of amides is 1. The Labute approximate surface area is 95.8 Å². The molecule has 0 fully saturated rings. The van der Waals surface area contributed by atoms with E-state index in [0.29, 0.717) is 12.0 Å². The number of carbonyl (C=O) groups is 1. The van der Waals surface area contributed by atoms with E-state index in [4.69, 9.17) is 10.7 Å². The highest BCUT2D eigenvalue weighted by molar-refractivity contribution is 8.13. The van der Waals surface area contributed by atoms with E-state index < -0.39 is 14.9 Å². The van der Waals surface area contributed by atoms with E-state index in [2.05, 4.69) is 5.32 Å². The zero-order valence-electron chi connectivity index (χ0n) is 7.96. The molecule has 1 aromatic rings. The van der Waals surface area contributed by atoms with Gasteiger partial charge in [0.25, 0.3) is 9.05 Å². The first kappa shape index (κ1) is 11.3. The SMILES string of the molecule is O=C1CCc2cc(S(=O)(=O)Cl)cc(F)c2N1. The minimum absolute atomic E-state index is 0.0420. The van der Waals surface area contributed by atoms with Gasteiger partial charge in [-0.3, -0.25) is 4.79 Å². The molecule has 0 bridgehead atoms. The van der Waals surface area contributed by atoms with Crippen LogP contribution in [0.15, 0.2) is 17.0 Å². The molecular formula is C9H7ClFNO3S. The summed E-state index contributed by atoms with van der Waals surface area (Å²) in [5.74, 6) is -1.07. The Kier molecular flexibility index (Phi) is 2.63. The Morgan fingerprint density at radius 3 is 2.62 bits per heavy atom. The summed E-state index contributed by atoms with van der Waals surface area (Å²) in [6.07, 6.45) is 0.510. The van der Waals surface area contributed by atoms with Gasteiger partial charge >= 0.3 is 0 Å². The molecule has 1 aliphatic rings. The molecule has 1 amide bonds. The number of hydrogen-bond acceptors (Lipinski definition) is 3. The van der Waals surface area contributed by atoms with E-state index in [1.54, 1.807) is 0 Å². The van der Waals surface area contributed by atoms with E-state index >= 15 is 0 Å². The number of halogens is 2. The minimum atomic E-state index is -3.95. The summed E-state index contributed by atoms with van der Waals surface area (Å²) < 4.78 is 35.6. The molecule has 1 aromatic carbocycles. The van der Waals surface area contributed by atoms with E-state index in [0.717, 1.165) is 6.07 Å². The van der Waals surface area contributed by atoms with Gasteiger partial charge in [-0.15, -0.1) is 0 Å². The Balaban J connectivity index is 2.59. The van der Waals surface area contributed by atoms with E-state index in [-0.39, 0.29) is 22.9 Å². The smallest absolute Gasteiger partial charge is 0.261 e. The minimum Gasteiger partial charge on any atom is -0.323 e. The predicted octanol–water partition coefficient (Wildman–Crippen LogP) is 1.64. The first-order chi connectivity index (χ1) is 7.38. The number of fused-ring (bicyclic) bond motifs is 1. The number of nitrogens with one attached hydrogen (secondary N) is 1. The lowest BCUT2D eigenvalue weighted by molar-refractivity contribution is -0.116. The lowest BCUT2D eigenvalue weighted by Crippen LogP contribution is -2.20. The maximum absolute atomic E-state index is 13.5. The highest BCUT2D eigenvalue weighted by Crippen LogP contribution is 2.29. The summed E-state index contributed by atoms with van der Waals surface area (Å²) in [5, 5.41) is 2.35. The van der Waals surface area contributed by atoms with Gasteiger partial charge in [0.2, 0.25) is 5.91 Å². The van der Waals surface area contributed by atoms with Crippen molar-refractivity contribution in [2.24, 2.45) is 0 Å². The maximum atomic E-state index is 13.5. The first-order valence-electron chi connectivity index (χ1n) is 4.45. The number of rotatable bonds is 1. The van der Waals surface area contributed by atoms with Crippen LogP contribution in [0.25, 0.3) is 0 Å². The normalized spacial score (nSPS) is 15.5. The standard InChI is InChI=1S/C9H7ClFNO3S/c10-16(14,15)6-3-5-1-2-8(13)12-9(5)7(11)4-6/h3-4H,1-2H2,(H,12,13). The fourth-order valence-corrected chi connectivity index (χ4v) is 2.36. The van der Waals surface area contributed by atoms with Crippen molar-refractivity contribution in [3.05, 3.63) is 23.5 Å². The zero-order valence-corrected chi connectivity index (χ0v) is 9.53. The van der Waals surface area contributed by atoms with Crippen molar-refractivity contribution >= 4 is 31.3 Å². The number of aryl methyl sites for hydroxylation is 1. The quantitative estimate of drug-likeness (QED) is 0.784. The van der Waals surface area contributed by atoms with Gasteiger partial charge < -0.3 is 5.32 Å². The molecule has 0 unspecified atom stereocenters. The average molecular weight is 264 g/mol. The number of anilines is 1. The van der Waals surface area contributed by atoms with Gasteiger partial charge in [-0.05, 0) is 24.1 Å². The monoisotopic (exact) mass is 263 g/mol. The molecule has 1 heterocycles. The molecule has 0 aliphatic carbocycles. The molecule has 0 aromatic heterocycles. The third kappa shape index (κ3) is 2.03. The molecule has 0 saturated carbocycles. The van der Waals surface area contributed by atoms with Crippen LogP contribution in [0, 0.1) is 5.82 Å². The van der Waals surface area contributed by atoms with E-state index in [1.807, 2.05) is 0 Å². The highest BCUT2D eigenvalue weighted by atomic mass is 35.7. The Morgan fingerprint density at radius 1 is 1.31 bits per heavy atom. The van der Waals surface area contributed by atoms with Crippen molar-refractivity contribution < 1.29 is 17.6 Å². The topological polar surface area (TPSA) is 63.2 Å². The van der Waals surface area contributed by atoms with Gasteiger partial charge in [-0.1, -0.05) is 0 Å². The van der Waals surface area contributed by atoms with Gasteiger partial charge in [0, 0.05) is 17.1 Å². The number of carbonyl (C=O) groups excluding carboxylic acids is 1. The molecule has 2 rings (SSSR count). The zero-order chi connectivity index (χ0) is 11.9. The molecule has 1 aliphatic heterocycles. The maximum Gasteiger partial charge on any atom is 0.261 e. The summed E-state index contributed by atoms with van der Waals surface area (Å²) >= 11 is 0. The molecule has 16 heavy (non-hydrogen) atoms. The van der Waals surface area contributed by atoms with Crippen molar-refractivity contribution in [2.45, 2.75) is 17.7 Å². The van der Waals surface area contributed by atoms with Crippen LogP contribution < -0.4 is 5.32 Å². The molecule has 86 valence electrons. The summed E-state index contributed by atoms with van der Waals surface area (Å²) in [5.41, 5.74) is 0.485. The molecule has 1 N–H and O–H groups in total. The first-order valence-corrected chi connectivity index (χ1v) is 6.76. The van der Waals surface area contributed by atoms with Crippen molar-refractivity contribution in [3.8, 4) is 0 Å². The van der Waals surface area contributed by atoms with Gasteiger partial charge in [0.05, 0.1) is 10.6 Å². The molecule has 0 saturated heterocycles. The van der Waals surface area contributed by atoms with Crippen LogP contribution in [0.4, 0.5) is 10.1 Å². The second kappa shape index (κ2) is 3.71. The van der Waals surface area contributed by atoms with Crippen molar-refractivity contribution in [1.82, 2.24) is 0 Å². The molecular weight excluding hydrogens is 257 g/mol. The number of hydrogen-bond donors (Lipinski definition) is 1. The lowest BCUT2D eigenvalue weighted by Gasteiger charge is -2.17. The second-order valence-electron chi connectivity index (χ2n) is 3.43. The van der Waals surface area contributed by atoms with Crippen molar-refractivity contribution in [2.75, 3.05) is 5.32 Å². The van der Waals surface area contributed by atoms with E-state index in [9.17, 15) is 17.6 Å². The number of benzene rings is 1. The molecule has 4 nitrogen and oxygen atoms in total. The van der Waals surface area contributed by atoms with Crippen molar-refractivity contribution in [3.63, 3.8) is 0 Å². The largest absolute Gasteiger partial charge is 0.323 e. The lowest BCUT2D eigenvalue weighted by atomic mass is 10.0. The van der Waals surface area contributed by atoms with Crippen LogP contribution in [0.3, 0.4) is 0 Å². The summed E-state index contributed by atoms with van der Waals surface area (Å²) in [6, 6.07) is 2.08. The van der Waals surface area contributed by atoms with Crippen LogP contribution in [0.2, 0.25) is 0 Å². The Bertz CT molecular complexity index is 570. The molecule has 7 heteroatoms. The van der Waals surface area contributed by atoms with Crippen LogP contribution in [0.1, 0.15) is 12.0 Å². The van der Waals surface area contributed by atoms with Gasteiger partial charge in [0.1, 0.15) is 5.82 Å². The molecule has 0 atom stereocenters. The fourth-order valence-electron chi connectivity index (χ4n) is 1.56. The van der Waals surface area contributed by atoms with Crippen LogP contribution in [0.5, 0.6) is 0 Å². The highest BCUT2D eigenvalue weighted by Gasteiger charge is 2.22. The van der Waals surface area contributed by atoms with Crippen molar-refractivity contribution in [1.29, 1.82) is 0 Å². The van der Waals surface area contributed by atoms with Crippen LogP contribution >= 0.6 is 10.7 Å². The summed E-state index contributed by atoms with van der Waals surface area (Å²) in [7, 11) is 1.17. The fraction of sp³-hybridized carbons (Fsp3) is 0.222. The molecule has 0 radical (unpaired) electrons. The van der Waals surface area contributed by atoms with Crippen LogP contribution in [-0.4, -0.2) is 14.3 Å². The average Bonchev–Trinajstić information content (AvgIpc) is 2.17. The third-order valence-corrected chi connectivity index (χ3v) is 3.65. The Hall–Kier alpha value is -1.14.